The molecule has 1 fully saturated rings. The molecular weight excluding hydrogens is 448 g/mol. The number of pyridine rings is 1. The van der Waals surface area contributed by atoms with Crippen molar-refractivity contribution in [1.29, 1.82) is 0 Å². The average Bonchev–Trinajstić information content (AvgIpc) is 2.83. The molecule has 1 saturated heterocycles. The van der Waals surface area contributed by atoms with E-state index in [2.05, 4.69) is 39.2 Å². The van der Waals surface area contributed by atoms with Gasteiger partial charge in [-0.2, -0.15) is 0 Å². The van der Waals surface area contributed by atoms with Crippen LogP contribution in [0.1, 0.15) is 16.7 Å². The first kappa shape index (κ1) is 24.2. The monoisotopic (exact) mass is 480 g/mol. The molecule has 0 amide bonds. The Morgan fingerprint density at radius 1 is 1.21 bits per heavy atom. The Bertz CT molecular complexity index is 1220. The summed E-state index contributed by atoms with van der Waals surface area (Å²) in [7, 11) is 1.64. The highest BCUT2D eigenvalue weighted by molar-refractivity contribution is 7.80. The molecule has 0 spiro atoms. The number of ether oxygens (including phenoxy) is 2. The number of anilines is 1. The Morgan fingerprint density at radius 3 is 2.74 bits per heavy atom. The number of hydrogen-bond donors (Lipinski definition) is 2. The number of thiocarbonyl (C=S) groups is 1. The van der Waals surface area contributed by atoms with Gasteiger partial charge in [-0.05, 0) is 61.3 Å². The van der Waals surface area contributed by atoms with Crippen LogP contribution in [0.5, 0.6) is 5.75 Å². The second kappa shape index (κ2) is 11.0. The number of morpholine rings is 1. The summed E-state index contributed by atoms with van der Waals surface area (Å²) in [6.45, 7) is 9.30. The highest BCUT2D eigenvalue weighted by atomic mass is 32.1. The lowest BCUT2D eigenvalue weighted by atomic mass is 10.1. The van der Waals surface area contributed by atoms with Crippen LogP contribution in [-0.4, -0.2) is 66.4 Å². The molecule has 0 aliphatic carbocycles. The minimum absolute atomic E-state index is 0.0871. The maximum atomic E-state index is 13.0. The number of aromatic nitrogens is 1. The summed E-state index contributed by atoms with van der Waals surface area (Å²) in [4.78, 5) is 20.5. The van der Waals surface area contributed by atoms with Crippen LogP contribution in [-0.2, 0) is 11.3 Å². The molecule has 7 nitrogen and oxygen atoms in total. The van der Waals surface area contributed by atoms with Crippen LogP contribution in [0.15, 0.2) is 47.3 Å². The molecule has 2 heterocycles. The van der Waals surface area contributed by atoms with E-state index in [1.54, 1.807) is 7.11 Å². The lowest BCUT2D eigenvalue weighted by Gasteiger charge is -2.31. The first-order valence-electron chi connectivity index (χ1n) is 11.6. The van der Waals surface area contributed by atoms with Crippen molar-refractivity contribution in [3.8, 4) is 5.75 Å². The van der Waals surface area contributed by atoms with E-state index in [9.17, 15) is 4.79 Å². The summed E-state index contributed by atoms with van der Waals surface area (Å²) in [5.74, 6) is 0.715. The van der Waals surface area contributed by atoms with Crippen LogP contribution in [0.3, 0.4) is 0 Å². The van der Waals surface area contributed by atoms with Crippen LogP contribution >= 0.6 is 12.2 Å². The molecule has 0 atom stereocenters. The fourth-order valence-corrected chi connectivity index (χ4v) is 4.60. The zero-order chi connectivity index (χ0) is 24.1. The molecule has 180 valence electrons. The number of benzene rings is 2. The van der Waals surface area contributed by atoms with Gasteiger partial charge in [0.15, 0.2) is 5.11 Å². The zero-order valence-electron chi connectivity index (χ0n) is 20.0. The Morgan fingerprint density at radius 2 is 1.97 bits per heavy atom. The maximum absolute atomic E-state index is 13.0. The van der Waals surface area contributed by atoms with Gasteiger partial charge in [-0.1, -0.05) is 23.8 Å². The topological polar surface area (TPSA) is 69.8 Å². The highest BCUT2D eigenvalue weighted by Gasteiger charge is 2.18. The first-order chi connectivity index (χ1) is 16.4. The van der Waals surface area contributed by atoms with Crippen molar-refractivity contribution < 1.29 is 9.47 Å². The van der Waals surface area contributed by atoms with Crippen LogP contribution in [0.4, 0.5) is 5.69 Å². The Balaban J connectivity index is 1.60. The molecule has 0 bridgehead atoms. The number of H-pyrrole nitrogens is 1. The summed E-state index contributed by atoms with van der Waals surface area (Å²) >= 11 is 5.82. The fourth-order valence-electron chi connectivity index (χ4n) is 4.34. The van der Waals surface area contributed by atoms with Gasteiger partial charge in [0.2, 0.25) is 0 Å². The average molecular weight is 481 g/mol. The van der Waals surface area contributed by atoms with E-state index in [1.807, 2.05) is 37.3 Å². The van der Waals surface area contributed by atoms with Gasteiger partial charge < -0.3 is 24.7 Å². The number of methoxy groups -OCH3 is 1. The third-order valence-corrected chi connectivity index (χ3v) is 6.52. The molecule has 4 rings (SSSR count). The normalized spacial score (nSPS) is 14.2. The van der Waals surface area contributed by atoms with E-state index in [1.165, 1.54) is 5.56 Å². The minimum atomic E-state index is -0.0871. The van der Waals surface area contributed by atoms with Crippen molar-refractivity contribution in [2.75, 3.05) is 51.8 Å². The smallest absolute Gasteiger partial charge is 0.253 e. The molecule has 2 N–H and O–H groups in total. The summed E-state index contributed by atoms with van der Waals surface area (Å²) in [6.07, 6.45) is 0. The molecular formula is C26H32N4O3S. The summed E-state index contributed by atoms with van der Waals surface area (Å²) in [5, 5.41) is 4.91. The van der Waals surface area contributed by atoms with E-state index in [4.69, 9.17) is 21.7 Å². The molecule has 2 aromatic carbocycles. The molecule has 1 aromatic heterocycles. The van der Waals surface area contributed by atoms with Crippen molar-refractivity contribution >= 4 is 33.9 Å². The van der Waals surface area contributed by atoms with Crippen LogP contribution in [0.2, 0.25) is 0 Å². The Labute approximate surface area is 205 Å². The highest BCUT2D eigenvalue weighted by Crippen LogP contribution is 2.24. The number of rotatable bonds is 7. The van der Waals surface area contributed by atoms with E-state index < -0.39 is 0 Å². The van der Waals surface area contributed by atoms with Crippen LogP contribution < -0.4 is 15.6 Å². The standard InChI is InChI=1S/C26H32N4O3S/c1-18-14-19(2)24-20(15-18)16-21(25(31)28-24)17-30(9-8-29-10-12-33-13-11-29)26(34)27-22-6-4-5-7-23(22)32-3/h4-7,14-16H,8-13,17H2,1-3H3,(H,27,34)(H,28,31). The van der Waals surface area contributed by atoms with Gasteiger partial charge in [0, 0.05) is 31.7 Å². The molecule has 0 saturated carbocycles. The van der Waals surface area contributed by atoms with Crippen molar-refractivity contribution in [2.45, 2.75) is 20.4 Å². The van der Waals surface area contributed by atoms with Gasteiger partial charge in [-0.25, -0.2) is 0 Å². The molecule has 0 radical (unpaired) electrons. The summed E-state index contributed by atoms with van der Waals surface area (Å²) in [5.41, 5.74) is 4.51. The first-order valence-corrected chi connectivity index (χ1v) is 12.0. The van der Waals surface area contributed by atoms with Crippen LogP contribution in [0, 0.1) is 13.8 Å². The number of hydrogen-bond acceptors (Lipinski definition) is 5. The number of nitrogens with zero attached hydrogens (tertiary/aromatic N) is 2. The fraction of sp³-hybridized carbons (Fsp3) is 0.385. The van der Waals surface area contributed by atoms with Gasteiger partial charge in [0.25, 0.3) is 5.56 Å². The lowest BCUT2D eigenvalue weighted by Crippen LogP contribution is -2.44. The van der Waals surface area contributed by atoms with Gasteiger partial charge in [0.05, 0.1) is 38.1 Å². The second-order valence-corrected chi connectivity index (χ2v) is 9.06. The summed E-state index contributed by atoms with van der Waals surface area (Å²) < 4.78 is 10.9. The van der Waals surface area contributed by atoms with Crippen molar-refractivity contribution in [3.63, 3.8) is 0 Å². The number of fused-ring (bicyclic) bond motifs is 1. The molecule has 34 heavy (non-hydrogen) atoms. The maximum Gasteiger partial charge on any atom is 0.253 e. The van der Waals surface area contributed by atoms with Gasteiger partial charge in [0.1, 0.15) is 5.75 Å². The second-order valence-electron chi connectivity index (χ2n) is 8.68. The molecule has 1 aliphatic heterocycles. The SMILES string of the molecule is COc1ccccc1NC(=S)N(CCN1CCOCC1)Cc1cc2cc(C)cc(C)c2[nH]c1=O. The van der Waals surface area contributed by atoms with Crippen LogP contribution in [0.25, 0.3) is 10.9 Å². The van der Waals surface area contributed by atoms with Crippen molar-refractivity contribution in [1.82, 2.24) is 14.8 Å². The lowest BCUT2D eigenvalue weighted by molar-refractivity contribution is 0.0358. The van der Waals surface area contributed by atoms with Gasteiger partial charge >= 0.3 is 0 Å². The predicted molar refractivity (Wildman–Crippen MR) is 141 cm³/mol. The molecule has 3 aromatic rings. The van der Waals surface area contributed by atoms with E-state index in [-0.39, 0.29) is 5.56 Å². The van der Waals surface area contributed by atoms with Crippen molar-refractivity contribution in [3.05, 3.63) is 69.5 Å². The van der Waals surface area contributed by atoms with Gasteiger partial charge in [-0.15, -0.1) is 0 Å². The Kier molecular flexibility index (Phi) is 7.82. The number of aryl methyl sites for hydroxylation is 2. The molecule has 8 heteroatoms. The quantitative estimate of drug-likeness (QED) is 0.500. The summed E-state index contributed by atoms with van der Waals surface area (Å²) in [6, 6.07) is 13.8. The number of aromatic amines is 1. The third-order valence-electron chi connectivity index (χ3n) is 6.16. The number of para-hydroxylation sites is 2. The van der Waals surface area contributed by atoms with E-state index in [0.717, 1.165) is 55.0 Å². The zero-order valence-corrected chi connectivity index (χ0v) is 20.8. The molecule has 1 aliphatic rings. The van der Waals surface area contributed by atoms with E-state index in [0.29, 0.717) is 29.5 Å². The number of nitrogens with one attached hydrogen (secondary N) is 2. The Hall–Kier alpha value is -2.94. The van der Waals surface area contributed by atoms with Crippen molar-refractivity contribution in [2.24, 2.45) is 0 Å². The third kappa shape index (κ3) is 5.75. The van der Waals surface area contributed by atoms with Gasteiger partial charge in [-0.3, -0.25) is 9.69 Å². The predicted octanol–water partition coefficient (Wildman–Crippen LogP) is 3.68. The minimum Gasteiger partial charge on any atom is -0.495 e. The van der Waals surface area contributed by atoms with E-state index >= 15 is 0 Å². The molecule has 0 unspecified atom stereocenters. The largest absolute Gasteiger partial charge is 0.495 e.